The molecule has 12 heteroatoms. The molecule has 2 aliphatic rings. The molecular weight excluding hydrogens is 560 g/mol. The Morgan fingerprint density at radius 1 is 1.12 bits per heavy atom. The second kappa shape index (κ2) is 11.6. The molecule has 0 radical (unpaired) electrons. The lowest BCUT2D eigenvalue weighted by Crippen LogP contribution is -2.68. The maximum atomic E-state index is 13.9. The Morgan fingerprint density at radius 3 is 2.46 bits per heavy atom. The molecule has 2 N–H and O–H groups in total. The highest BCUT2D eigenvalue weighted by molar-refractivity contribution is 8.01. The Labute approximate surface area is 245 Å². The number of esters is 1. The molecule has 0 spiro atoms. The number of aryl methyl sites for hydroxylation is 1. The first-order valence-corrected chi connectivity index (χ1v) is 15.1. The Kier molecular flexibility index (Phi) is 7.80. The van der Waals surface area contributed by atoms with Gasteiger partial charge in [0.05, 0.1) is 5.69 Å². The molecule has 0 bridgehead atoms. The smallest absolute Gasteiger partial charge is 0.356 e. The van der Waals surface area contributed by atoms with Crippen molar-refractivity contribution >= 4 is 41.2 Å². The lowest BCUT2D eigenvalue weighted by molar-refractivity contribution is -0.153. The summed E-state index contributed by atoms with van der Waals surface area (Å²) in [4.78, 5) is 38.2. The highest BCUT2D eigenvalue weighted by Crippen LogP contribution is 2.42. The number of rotatable bonds is 9. The molecule has 10 nitrogen and oxygen atoms in total. The van der Waals surface area contributed by atoms with Crippen LogP contribution in [0.25, 0.3) is 5.78 Å². The molecule has 1 unspecified atom stereocenters. The molecule has 2 aromatic heterocycles. The van der Waals surface area contributed by atoms with Gasteiger partial charge in [-0.25, -0.2) is 14.3 Å². The summed E-state index contributed by atoms with van der Waals surface area (Å²) in [5.41, 5.74) is 9.66. The van der Waals surface area contributed by atoms with E-state index in [4.69, 9.17) is 15.2 Å². The van der Waals surface area contributed by atoms with Crippen molar-refractivity contribution in [2.45, 2.75) is 35.9 Å². The molecule has 0 aliphatic carbocycles. The number of β-lactam (4-membered cyclic amide) rings is 1. The minimum Gasteiger partial charge on any atom is -0.448 e. The van der Waals surface area contributed by atoms with Gasteiger partial charge in [0.1, 0.15) is 23.7 Å². The van der Waals surface area contributed by atoms with Gasteiger partial charge in [-0.3, -0.25) is 9.69 Å². The second-order valence-corrected chi connectivity index (χ2v) is 11.8. The Morgan fingerprint density at radius 2 is 1.80 bits per heavy atom. The number of methoxy groups -OCH3 is 1. The van der Waals surface area contributed by atoms with E-state index in [-0.39, 0.29) is 17.0 Å². The Balaban J connectivity index is 1.31. The van der Waals surface area contributed by atoms with Crippen molar-refractivity contribution in [2.24, 2.45) is 5.73 Å². The van der Waals surface area contributed by atoms with Crippen molar-refractivity contribution in [3.63, 3.8) is 0 Å². The van der Waals surface area contributed by atoms with Crippen LogP contribution in [0.2, 0.25) is 0 Å². The van der Waals surface area contributed by atoms with E-state index in [0.29, 0.717) is 29.7 Å². The molecule has 210 valence electrons. The highest BCUT2D eigenvalue weighted by atomic mass is 32.2. The van der Waals surface area contributed by atoms with Crippen molar-refractivity contribution in [1.29, 1.82) is 0 Å². The number of aromatic nitrogens is 4. The minimum absolute atomic E-state index is 0.277. The third-order valence-corrected chi connectivity index (χ3v) is 9.47. The van der Waals surface area contributed by atoms with Gasteiger partial charge >= 0.3 is 5.97 Å². The number of amides is 1. The zero-order chi connectivity index (χ0) is 28.5. The van der Waals surface area contributed by atoms with E-state index in [0.717, 1.165) is 27.3 Å². The lowest BCUT2D eigenvalue weighted by atomic mass is 10.0. The number of benzene rings is 2. The molecule has 2 atom stereocenters. The van der Waals surface area contributed by atoms with E-state index in [1.54, 1.807) is 23.4 Å². The average Bonchev–Trinajstić information content (AvgIpc) is 3.39. The summed E-state index contributed by atoms with van der Waals surface area (Å²) in [6.07, 6.45) is 1.24. The summed E-state index contributed by atoms with van der Waals surface area (Å²) in [6.45, 7) is 2.20. The van der Waals surface area contributed by atoms with Gasteiger partial charge in [-0.2, -0.15) is 4.98 Å². The van der Waals surface area contributed by atoms with Gasteiger partial charge in [0.2, 0.25) is 5.91 Å². The van der Waals surface area contributed by atoms with Gasteiger partial charge in [0, 0.05) is 29.7 Å². The third kappa shape index (κ3) is 5.35. The normalized spacial score (nSPS) is 18.5. The largest absolute Gasteiger partial charge is 0.448 e. The van der Waals surface area contributed by atoms with Crippen molar-refractivity contribution in [3.05, 3.63) is 101 Å². The molecule has 2 aliphatic heterocycles. The quantitative estimate of drug-likeness (QED) is 0.176. The number of nitrogens with zero attached hydrogens (tertiary/aromatic N) is 5. The molecule has 1 amide bonds. The van der Waals surface area contributed by atoms with E-state index in [1.165, 1.54) is 16.7 Å². The van der Waals surface area contributed by atoms with Crippen LogP contribution in [0.5, 0.6) is 0 Å². The van der Waals surface area contributed by atoms with Crippen LogP contribution in [-0.4, -0.2) is 66.4 Å². The molecule has 1 fully saturated rings. The van der Waals surface area contributed by atoms with Crippen LogP contribution in [0.1, 0.15) is 28.7 Å². The summed E-state index contributed by atoms with van der Waals surface area (Å²) < 4.78 is 13.0. The van der Waals surface area contributed by atoms with Gasteiger partial charge < -0.3 is 15.2 Å². The first kappa shape index (κ1) is 27.5. The van der Waals surface area contributed by atoms with Gasteiger partial charge in [0.25, 0.3) is 5.78 Å². The fraction of sp³-hybridized carbons (Fsp3) is 0.276. The maximum Gasteiger partial charge on any atom is 0.356 e. The van der Waals surface area contributed by atoms with Gasteiger partial charge in [-0.1, -0.05) is 60.7 Å². The van der Waals surface area contributed by atoms with E-state index in [2.05, 4.69) is 15.1 Å². The third-order valence-electron chi connectivity index (χ3n) is 6.91. The van der Waals surface area contributed by atoms with Crippen LogP contribution in [0.15, 0.2) is 83.0 Å². The van der Waals surface area contributed by atoms with Crippen LogP contribution in [-0.2, 0) is 25.7 Å². The monoisotopic (exact) mass is 588 g/mol. The van der Waals surface area contributed by atoms with Gasteiger partial charge in [-0.15, -0.1) is 28.6 Å². The number of hydrogen-bond acceptors (Lipinski definition) is 10. The Hall–Kier alpha value is -3.71. The van der Waals surface area contributed by atoms with E-state index < -0.39 is 18.1 Å². The lowest BCUT2D eigenvalue weighted by Gasteiger charge is -2.48. The van der Waals surface area contributed by atoms with E-state index in [9.17, 15) is 9.59 Å². The molecular formula is C29H28N6O4S2. The predicted molar refractivity (Wildman–Crippen MR) is 156 cm³/mol. The summed E-state index contributed by atoms with van der Waals surface area (Å²) in [5, 5.41) is 4.14. The summed E-state index contributed by atoms with van der Waals surface area (Å²) in [7, 11) is 1.59. The first-order valence-electron chi connectivity index (χ1n) is 13.0. The van der Waals surface area contributed by atoms with Crippen LogP contribution < -0.4 is 5.73 Å². The van der Waals surface area contributed by atoms with E-state index >= 15 is 0 Å². The van der Waals surface area contributed by atoms with Crippen molar-refractivity contribution in [3.8, 4) is 0 Å². The fourth-order valence-electron chi connectivity index (χ4n) is 4.85. The number of fused-ring (bicyclic) bond motifs is 2. The van der Waals surface area contributed by atoms with Crippen LogP contribution in [0, 0.1) is 6.92 Å². The number of thioether (sulfide) groups is 2. The van der Waals surface area contributed by atoms with Crippen LogP contribution in [0.3, 0.4) is 0 Å². The summed E-state index contributed by atoms with van der Waals surface area (Å²) >= 11 is 3.08. The molecule has 4 aromatic rings. The van der Waals surface area contributed by atoms with Crippen molar-refractivity contribution in [1.82, 2.24) is 24.5 Å². The van der Waals surface area contributed by atoms with E-state index in [1.807, 2.05) is 73.8 Å². The molecule has 1 saturated heterocycles. The average molecular weight is 589 g/mol. The van der Waals surface area contributed by atoms with Gasteiger partial charge in [0.15, 0.2) is 11.9 Å². The topological polar surface area (TPSA) is 125 Å². The van der Waals surface area contributed by atoms with Crippen molar-refractivity contribution < 1.29 is 19.1 Å². The highest BCUT2D eigenvalue weighted by Gasteiger charge is 2.52. The number of carbonyl (C=O) groups is 2. The number of nitrogens with two attached hydrogens (primary N) is 1. The molecule has 4 heterocycles. The summed E-state index contributed by atoms with van der Waals surface area (Å²) in [5.74, 6) is 1.22. The summed E-state index contributed by atoms with van der Waals surface area (Å²) in [6, 6.07) is 18.5. The molecule has 0 saturated carbocycles. The standard InChI is InChI=1S/C29H28N6O4S2/c1-17-21(13-34-29(31-17)32-22(33-34)14-38-2)40-15-20-16-41-27-23(30)26(36)35(27)24(20)28(37)39-25(18-9-5-3-6-10-18)19-11-7-4-8-12-19/h3-13,23,25,27H,14-16,30H2,1-2H3/t23?,27-/m0/s1. The van der Waals surface area contributed by atoms with Crippen molar-refractivity contribution in [2.75, 3.05) is 18.6 Å². The molecule has 6 rings (SSSR count). The fourth-order valence-corrected chi connectivity index (χ4v) is 7.27. The zero-order valence-electron chi connectivity index (χ0n) is 22.5. The predicted octanol–water partition coefficient (Wildman–Crippen LogP) is 3.50. The zero-order valence-corrected chi connectivity index (χ0v) is 24.1. The van der Waals surface area contributed by atoms with Crippen LogP contribution in [0.4, 0.5) is 0 Å². The second-order valence-electron chi connectivity index (χ2n) is 9.68. The van der Waals surface area contributed by atoms with Gasteiger partial charge in [-0.05, 0) is 23.6 Å². The number of carbonyl (C=O) groups excluding carboxylic acids is 2. The molecule has 2 aromatic carbocycles. The SMILES string of the molecule is COCc1nc2nc(C)c(SCC3=C(C(=O)OC(c4ccccc4)c4ccccc4)N4C(=O)C(N)[C@@H]4SC3)cn2n1. The number of hydrogen-bond donors (Lipinski definition) is 1. The first-order chi connectivity index (χ1) is 19.9. The number of ether oxygens (including phenoxy) is 2. The molecule has 41 heavy (non-hydrogen) atoms. The minimum atomic E-state index is -0.640. The maximum absolute atomic E-state index is 13.9. The van der Waals surface area contributed by atoms with Crippen LogP contribution >= 0.6 is 23.5 Å². The Bertz CT molecular complexity index is 1590.